The molecule has 1 heterocycles. The lowest BCUT2D eigenvalue weighted by atomic mass is 10.2. The van der Waals surface area contributed by atoms with E-state index >= 15 is 0 Å². The minimum absolute atomic E-state index is 0.620. The molecule has 0 saturated carbocycles. The summed E-state index contributed by atoms with van der Waals surface area (Å²) in [5, 5.41) is 3.35. The smallest absolute Gasteiger partial charge is 0.145 e. The largest absolute Gasteiger partial charge is 0.369 e. The van der Waals surface area contributed by atoms with E-state index in [9.17, 15) is 0 Å². The van der Waals surface area contributed by atoms with Gasteiger partial charge in [0.2, 0.25) is 0 Å². The summed E-state index contributed by atoms with van der Waals surface area (Å²) >= 11 is 0. The van der Waals surface area contributed by atoms with Crippen LogP contribution in [-0.2, 0) is 0 Å². The third kappa shape index (κ3) is 4.17. The van der Waals surface area contributed by atoms with Gasteiger partial charge in [-0.15, -0.1) is 0 Å². The Morgan fingerprint density at radius 3 is 2.65 bits per heavy atom. The summed E-state index contributed by atoms with van der Waals surface area (Å²) in [5.41, 5.74) is 1.88. The molecule has 0 aliphatic heterocycles. The molecular formula is C16H24N4. The minimum atomic E-state index is 0.620. The zero-order valence-corrected chi connectivity index (χ0v) is 12.6. The predicted octanol–water partition coefficient (Wildman–Crippen LogP) is 3.16. The number of aromatic nitrogens is 2. The van der Waals surface area contributed by atoms with Gasteiger partial charge >= 0.3 is 0 Å². The highest BCUT2D eigenvalue weighted by Crippen LogP contribution is 2.11. The molecule has 0 amide bonds. The molecule has 0 aliphatic rings. The first-order valence-corrected chi connectivity index (χ1v) is 7.32. The number of fused-ring (bicyclic) bond motifs is 1. The van der Waals surface area contributed by atoms with Crippen LogP contribution in [0.25, 0.3) is 11.0 Å². The molecule has 0 radical (unpaired) electrons. The van der Waals surface area contributed by atoms with E-state index < -0.39 is 0 Å². The summed E-state index contributed by atoms with van der Waals surface area (Å²) in [5.74, 6) is 0.862. The minimum Gasteiger partial charge on any atom is -0.369 e. The van der Waals surface area contributed by atoms with Gasteiger partial charge in [-0.2, -0.15) is 0 Å². The molecule has 0 saturated heterocycles. The van der Waals surface area contributed by atoms with E-state index in [0.717, 1.165) is 36.4 Å². The highest BCUT2D eigenvalue weighted by atomic mass is 15.1. The van der Waals surface area contributed by atoms with Crippen LogP contribution in [0.3, 0.4) is 0 Å². The SMILES string of the molecule is CC(C)N(C)CCCCNc1cnc2ccccc2n1. The predicted molar refractivity (Wildman–Crippen MR) is 85.0 cm³/mol. The lowest BCUT2D eigenvalue weighted by Crippen LogP contribution is -2.27. The van der Waals surface area contributed by atoms with Gasteiger partial charge in [-0.3, -0.25) is 4.98 Å². The summed E-state index contributed by atoms with van der Waals surface area (Å²) < 4.78 is 0. The van der Waals surface area contributed by atoms with Gasteiger partial charge in [-0.05, 0) is 52.4 Å². The van der Waals surface area contributed by atoms with Crippen LogP contribution in [0.15, 0.2) is 30.5 Å². The van der Waals surface area contributed by atoms with E-state index in [1.807, 2.05) is 30.5 Å². The van der Waals surface area contributed by atoms with Crippen molar-refractivity contribution in [1.82, 2.24) is 14.9 Å². The van der Waals surface area contributed by atoms with Crippen LogP contribution in [0, 0.1) is 0 Å². The van der Waals surface area contributed by atoms with Gasteiger partial charge in [-0.1, -0.05) is 12.1 Å². The molecule has 4 heteroatoms. The Morgan fingerprint density at radius 1 is 1.15 bits per heavy atom. The van der Waals surface area contributed by atoms with E-state index in [0.29, 0.717) is 6.04 Å². The summed E-state index contributed by atoms with van der Waals surface area (Å²) in [6, 6.07) is 8.56. The Hall–Kier alpha value is -1.68. The number of rotatable bonds is 7. The second kappa shape index (κ2) is 7.20. The van der Waals surface area contributed by atoms with E-state index in [1.54, 1.807) is 0 Å². The Kier molecular flexibility index (Phi) is 5.30. The number of nitrogens with zero attached hydrogens (tertiary/aromatic N) is 3. The van der Waals surface area contributed by atoms with Crippen molar-refractivity contribution in [2.75, 3.05) is 25.5 Å². The lowest BCUT2D eigenvalue weighted by molar-refractivity contribution is 0.269. The fourth-order valence-corrected chi connectivity index (χ4v) is 2.00. The third-order valence-electron chi connectivity index (χ3n) is 3.57. The van der Waals surface area contributed by atoms with Gasteiger partial charge in [0.1, 0.15) is 5.82 Å². The Balaban J connectivity index is 1.76. The molecule has 4 nitrogen and oxygen atoms in total. The van der Waals surface area contributed by atoms with Crippen LogP contribution >= 0.6 is 0 Å². The number of anilines is 1. The van der Waals surface area contributed by atoms with E-state index in [4.69, 9.17) is 0 Å². The molecule has 0 spiro atoms. The van der Waals surface area contributed by atoms with Crippen molar-refractivity contribution in [3.8, 4) is 0 Å². The number of nitrogens with one attached hydrogen (secondary N) is 1. The average molecular weight is 272 g/mol. The van der Waals surface area contributed by atoms with Crippen LogP contribution in [0.2, 0.25) is 0 Å². The van der Waals surface area contributed by atoms with Crippen LogP contribution in [-0.4, -0.2) is 41.0 Å². The molecule has 0 bridgehead atoms. The molecule has 0 fully saturated rings. The fraction of sp³-hybridized carbons (Fsp3) is 0.500. The van der Waals surface area contributed by atoms with Crippen LogP contribution in [0.1, 0.15) is 26.7 Å². The molecular weight excluding hydrogens is 248 g/mol. The molecule has 108 valence electrons. The zero-order valence-electron chi connectivity index (χ0n) is 12.6. The number of unbranched alkanes of at least 4 members (excludes halogenated alkanes) is 1. The molecule has 1 aromatic carbocycles. The highest BCUT2D eigenvalue weighted by Gasteiger charge is 2.02. The second-order valence-electron chi connectivity index (χ2n) is 5.45. The maximum absolute atomic E-state index is 4.55. The zero-order chi connectivity index (χ0) is 14.4. The third-order valence-corrected chi connectivity index (χ3v) is 3.57. The number of hydrogen-bond donors (Lipinski definition) is 1. The van der Waals surface area contributed by atoms with Crippen molar-refractivity contribution >= 4 is 16.9 Å². The number of hydrogen-bond acceptors (Lipinski definition) is 4. The molecule has 1 N–H and O–H groups in total. The van der Waals surface area contributed by atoms with E-state index in [2.05, 4.69) is 41.1 Å². The van der Waals surface area contributed by atoms with Crippen molar-refractivity contribution in [3.05, 3.63) is 30.5 Å². The number of benzene rings is 1. The van der Waals surface area contributed by atoms with Crippen LogP contribution in [0.4, 0.5) is 5.82 Å². The van der Waals surface area contributed by atoms with Crippen LogP contribution < -0.4 is 5.32 Å². The maximum atomic E-state index is 4.55. The monoisotopic (exact) mass is 272 g/mol. The van der Waals surface area contributed by atoms with E-state index in [1.165, 1.54) is 6.42 Å². The Bertz CT molecular complexity index is 539. The van der Waals surface area contributed by atoms with Crippen molar-refractivity contribution < 1.29 is 0 Å². The standard InChI is InChI=1S/C16H24N4/c1-13(2)20(3)11-7-6-10-17-16-12-18-14-8-4-5-9-15(14)19-16/h4-5,8-9,12-13H,6-7,10-11H2,1-3H3,(H,17,19). The van der Waals surface area contributed by atoms with Crippen LogP contribution in [0.5, 0.6) is 0 Å². The summed E-state index contributed by atoms with van der Waals surface area (Å²) in [7, 11) is 2.17. The highest BCUT2D eigenvalue weighted by molar-refractivity contribution is 5.75. The van der Waals surface area contributed by atoms with Crippen molar-refractivity contribution in [2.45, 2.75) is 32.7 Å². The molecule has 2 aromatic rings. The average Bonchev–Trinajstić information content (AvgIpc) is 2.46. The summed E-state index contributed by atoms with van der Waals surface area (Å²) in [6.45, 7) is 6.54. The first kappa shape index (κ1) is 14.7. The topological polar surface area (TPSA) is 41.0 Å². The van der Waals surface area contributed by atoms with Crippen molar-refractivity contribution in [3.63, 3.8) is 0 Å². The first-order valence-electron chi connectivity index (χ1n) is 7.32. The van der Waals surface area contributed by atoms with Crippen molar-refractivity contribution in [2.24, 2.45) is 0 Å². The Labute approximate surface area is 121 Å². The van der Waals surface area contributed by atoms with E-state index in [-0.39, 0.29) is 0 Å². The van der Waals surface area contributed by atoms with Gasteiger partial charge in [0.25, 0.3) is 0 Å². The number of para-hydroxylation sites is 2. The molecule has 0 unspecified atom stereocenters. The van der Waals surface area contributed by atoms with Gasteiger partial charge < -0.3 is 10.2 Å². The summed E-state index contributed by atoms with van der Waals surface area (Å²) in [6.07, 6.45) is 4.15. The Morgan fingerprint density at radius 2 is 1.90 bits per heavy atom. The van der Waals surface area contributed by atoms with Gasteiger partial charge in [-0.25, -0.2) is 4.98 Å². The lowest BCUT2D eigenvalue weighted by Gasteiger charge is -2.20. The molecule has 2 rings (SSSR count). The van der Waals surface area contributed by atoms with Gasteiger partial charge in [0.15, 0.2) is 0 Å². The molecule has 0 atom stereocenters. The maximum Gasteiger partial charge on any atom is 0.145 e. The second-order valence-corrected chi connectivity index (χ2v) is 5.45. The normalized spacial score (nSPS) is 11.4. The molecule has 0 aliphatic carbocycles. The van der Waals surface area contributed by atoms with Gasteiger partial charge in [0.05, 0.1) is 17.2 Å². The van der Waals surface area contributed by atoms with Crippen molar-refractivity contribution in [1.29, 1.82) is 0 Å². The first-order chi connectivity index (χ1) is 9.66. The quantitative estimate of drug-likeness (QED) is 0.786. The van der Waals surface area contributed by atoms with Gasteiger partial charge in [0, 0.05) is 12.6 Å². The fourth-order valence-electron chi connectivity index (χ4n) is 2.00. The molecule has 1 aromatic heterocycles. The summed E-state index contributed by atoms with van der Waals surface area (Å²) in [4.78, 5) is 11.3. The molecule has 20 heavy (non-hydrogen) atoms.